The van der Waals surface area contributed by atoms with Crippen LogP contribution in [0.15, 0.2) is 29.2 Å². The molecule has 3 aromatic heterocycles. The molecule has 2 N–H and O–H groups in total. The molecule has 1 saturated heterocycles. The molecular weight excluding hydrogens is 679 g/mol. The molecule has 1 aromatic carbocycles. The lowest BCUT2D eigenvalue weighted by Gasteiger charge is -2.37. The van der Waals surface area contributed by atoms with Crippen molar-refractivity contribution in [2.24, 2.45) is 0 Å². The van der Waals surface area contributed by atoms with Crippen LogP contribution in [-0.4, -0.2) is 79.4 Å². The highest BCUT2D eigenvalue weighted by molar-refractivity contribution is 6.31. The van der Waals surface area contributed by atoms with E-state index in [0.29, 0.717) is 75.1 Å². The molecule has 7 rings (SSSR count). The van der Waals surface area contributed by atoms with Crippen LogP contribution < -0.4 is 20.7 Å². The Morgan fingerprint density at radius 2 is 1.90 bits per heavy atom. The van der Waals surface area contributed by atoms with Gasteiger partial charge in [-0.1, -0.05) is 24.6 Å². The highest BCUT2D eigenvalue weighted by Gasteiger charge is 2.34. The summed E-state index contributed by atoms with van der Waals surface area (Å²) in [5.41, 5.74) is 1.38. The second-order valence-electron chi connectivity index (χ2n) is 12.8. The van der Waals surface area contributed by atoms with Crippen molar-refractivity contribution in [3.05, 3.63) is 62.4 Å². The van der Waals surface area contributed by atoms with Gasteiger partial charge in [0.2, 0.25) is 17.6 Å². The predicted molar refractivity (Wildman–Crippen MR) is 181 cm³/mol. The number of carbonyl (C=O) groups excluding carboxylic acids is 1. The zero-order valence-corrected chi connectivity index (χ0v) is 28.4. The molecule has 5 heterocycles. The summed E-state index contributed by atoms with van der Waals surface area (Å²) in [6.07, 6.45) is 2.92. The summed E-state index contributed by atoms with van der Waals surface area (Å²) in [5.74, 6) is 0.123. The van der Waals surface area contributed by atoms with E-state index in [9.17, 15) is 27.9 Å². The van der Waals surface area contributed by atoms with Crippen molar-refractivity contribution in [2.75, 3.05) is 54.5 Å². The van der Waals surface area contributed by atoms with Crippen molar-refractivity contribution in [2.45, 2.75) is 64.7 Å². The van der Waals surface area contributed by atoms with Gasteiger partial charge in [-0.05, 0) is 62.3 Å². The molecule has 1 saturated carbocycles. The molecule has 0 radical (unpaired) electrons. The van der Waals surface area contributed by atoms with E-state index in [-0.39, 0.29) is 41.1 Å². The topological polar surface area (TPSA) is 135 Å². The van der Waals surface area contributed by atoms with Crippen LogP contribution in [0.5, 0.6) is 5.88 Å². The van der Waals surface area contributed by atoms with Gasteiger partial charge in [0.05, 0.1) is 41.7 Å². The Bertz CT molecular complexity index is 2040. The Kier molecular flexibility index (Phi) is 9.01. The van der Waals surface area contributed by atoms with Crippen LogP contribution >= 0.6 is 11.6 Å². The Balaban J connectivity index is 1.22. The molecule has 50 heavy (non-hydrogen) atoms. The number of nitrogens with one attached hydrogen (secondary N) is 1. The number of alkyl halides is 3. The number of fused-ring (bicyclic) bond motifs is 1. The molecule has 3 aliphatic rings. The van der Waals surface area contributed by atoms with E-state index in [2.05, 4.69) is 15.5 Å². The maximum Gasteiger partial charge on any atom is 0.417 e. The smallest absolute Gasteiger partial charge is 0.417 e. The minimum Gasteiger partial charge on any atom is -0.492 e. The fourth-order valence-corrected chi connectivity index (χ4v) is 7.07. The number of aromatic hydroxyl groups is 1. The molecule has 2 fully saturated rings. The lowest BCUT2D eigenvalue weighted by Crippen LogP contribution is -2.49. The van der Waals surface area contributed by atoms with Crippen molar-refractivity contribution in [1.82, 2.24) is 28.9 Å². The van der Waals surface area contributed by atoms with E-state index >= 15 is 0 Å². The van der Waals surface area contributed by atoms with Gasteiger partial charge in [-0.2, -0.15) is 27.8 Å². The number of halogens is 4. The van der Waals surface area contributed by atoms with Gasteiger partial charge in [-0.3, -0.25) is 9.59 Å². The number of aromatic nitrogens is 6. The number of amides is 1. The number of carbonyl (C=O) groups is 1. The lowest BCUT2D eigenvalue weighted by atomic mass is 9.93. The van der Waals surface area contributed by atoms with Crippen LogP contribution in [0.1, 0.15) is 61.3 Å². The molecule has 0 spiro atoms. The Labute approximate surface area is 289 Å². The van der Waals surface area contributed by atoms with E-state index in [4.69, 9.17) is 21.3 Å². The van der Waals surface area contributed by atoms with Gasteiger partial charge >= 0.3 is 6.18 Å². The summed E-state index contributed by atoms with van der Waals surface area (Å²) in [7, 11) is 0. The van der Waals surface area contributed by atoms with E-state index in [0.717, 1.165) is 37.0 Å². The summed E-state index contributed by atoms with van der Waals surface area (Å²) in [5, 5.41) is 22.1. The zero-order chi connectivity index (χ0) is 35.3. The number of nitrogens with zero attached hydrogens (tertiary/aromatic N) is 8. The minimum atomic E-state index is -4.65. The fourth-order valence-electron chi connectivity index (χ4n) is 6.80. The summed E-state index contributed by atoms with van der Waals surface area (Å²) in [6.45, 7) is 5.81. The van der Waals surface area contributed by atoms with E-state index in [1.165, 1.54) is 11.4 Å². The summed E-state index contributed by atoms with van der Waals surface area (Å²) in [6, 6.07) is 2.20. The second kappa shape index (κ2) is 13.3. The van der Waals surface area contributed by atoms with Gasteiger partial charge in [0, 0.05) is 31.9 Å². The van der Waals surface area contributed by atoms with Crippen LogP contribution in [0.2, 0.25) is 5.02 Å². The molecule has 0 bridgehead atoms. The standard InChI is InChI=1S/C33H37ClF3N9O4/c1-3-25-28(43-11-9-42(10-12-43)26-17-38-45(30(26)48)21-5-4-6-21)31(49)46-32(40-29(41-46)20-7-13-50-14-8-20)44(25)18-27(47)39-24-16-23(34)22(15-19(24)2)33(35,36)37/h7,15-17,21,48H,3-6,8-14,18H2,1-2H3,(H,39,47). The highest BCUT2D eigenvalue weighted by Crippen LogP contribution is 2.39. The Hall–Kier alpha value is -4.57. The maximum absolute atomic E-state index is 14.2. The zero-order valence-electron chi connectivity index (χ0n) is 27.6. The van der Waals surface area contributed by atoms with Crippen molar-refractivity contribution >= 4 is 45.9 Å². The molecule has 0 unspecified atom stereocenters. The van der Waals surface area contributed by atoms with E-state index < -0.39 is 22.7 Å². The van der Waals surface area contributed by atoms with Crippen LogP contribution in [0.4, 0.5) is 30.2 Å². The largest absolute Gasteiger partial charge is 0.492 e. The van der Waals surface area contributed by atoms with Crippen LogP contribution in [0.25, 0.3) is 11.4 Å². The monoisotopic (exact) mass is 715 g/mol. The number of rotatable bonds is 8. The lowest BCUT2D eigenvalue weighted by molar-refractivity contribution is -0.137. The SMILES string of the molecule is CCc1c(N2CCN(c3cnn(C4CCC4)c3O)CC2)c(=O)n2nc(C3=CCOCC3)nc2n1CC(=O)Nc1cc(Cl)c(C(F)(F)F)cc1C. The summed E-state index contributed by atoms with van der Waals surface area (Å²) in [4.78, 5) is 36.6. The highest BCUT2D eigenvalue weighted by atomic mass is 35.5. The molecule has 13 nitrogen and oxygen atoms in total. The average Bonchev–Trinajstić information content (AvgIpc) is 3.68. The molecule has 17 heteroatoms. The Morgan fingerprint density at radius 3 is 2.54 bits per heavy atom. The quantitative estimate of drug-likeness (QED) is 0.263. The van der Waals surface area contributed by atoms with E-state index in [1.54, 1.807) is 15.4 Å². The molecule has 4 aromatic rings. The first kappa shape index (κ1) is 33.9. The normalized spacial score (nSPS) is 17.3. The molecule has 266 valence electrons. The van der Waals surface area contributed by atoms with Crippen molar-refractivity contribution < 1.29 is 27.8 Å². The molecular formula is C33H37ClF3N9O4. The van der Waals surface area contributed by atoms with Gasteiger partial charge in [0.1, 0.15) is 17.9 Å². The third-order valence-corrected chi connectivity index (χ3v) is 10.0. The van der Waals surface area contributed by atoms with Gasteiger partial charge in [-0.25, -0.2) is 4.68 Å². The first-order valence-corrected chi connectivity index (χ1v) is 17.1. The van der Waals surface area contributed by atoms with Crippen molar-refractivity contribution in [1.29, 1.82) is 0 Å². The maximum atomic E-state index is 14.2. The van der Waals surface area contributed by atoms with Crippen LogP contribution in [-0.2, 0) is 28.7 Å². The second-order valence-corrected chi connectivity index (χ2v) is 13.2. The summed E-state index contributed by atoms with van der Waals surface area (Å²) >= 11 is 5.96. The van der Waals surface area contributed by atoms with Gasteiger partial charge in [0.15, 0.2) is 5.82 Å². The molecule has 1 amide bonds. The molecule has 1 aliphatic carbocycles. The third-order valence-electron chi connectivity index (χ3n) is 9.71. The number of piperazine rings is 1. The van der Waals surface area contributed by atoms with Crippen LogP contribution in [0.3, 0.4) is 0 Å². The first-order valence-electron chi connectivity index (χ1n) is 16.7. The number of hydrogen-bond acceptors (Lipinski definition) is 9. The minimum absolute atomic E-state index is 0.137. The Morgan fingerprint density at radius 1 is 1.16 bits per heavy atom. The van der Waals surface area contributed by atoms with E-state index in [1.807, 2.05) is 22.8 Å². The predicted octanol–water partition coefficient (Wildman–Crippen LogP) is 4.83. The van der Waals surface area contributed by atoms with Crippen LogP contribution in [0, 0.1) is 6.92 Å². The average molecular weight is 716 g/mol. The third kappa shape index (κ3) is 6.19. The van der Waals surface area contributed by atoms with Crippen molar-refractivity contribution in [3.8, 4) is 5.88 Å². The number of hydrogen-bond donors (Lipinski definition) is 2. The van der Waals surface area contributed by atoms with Crippen molar-refractivity contribution in [3.63, 3.8) is 0 Å². The molecule has 0 atom stereocenters. The first-order chi connectivity index (χ1) is 23.9. The van der Waals surface area contributed by atoms with Gasteiger partial charge in [0.25, 0.3) is 5.56 Å². The summed E-state index contributed by atoms with van der Waals surface area (Å²) < 4.78 is 50.3. The number of anilines is 3. The number of ether oxygens (including phenoxy) is 1. The number of benzene rings is 1. The van der Waals surface area contributed by atoms with Gasteiger partial charge < -0.3 is 29.5 Å². The van der Waals surface area contributed by atoms with Gasteiger partial charge in [-0.15, -0.1) is 5.10 Å². The molecule has 2 aliphatic heterocycles. The number of aryl methyl sites for hydroxylation is 1. The fraction of sp³-hybridized carbons (Fsp3) is 0.485.